The molecule has 0 bridgehead atoms. The van der Waals surface area contributed by atoms with Crippen LogP contribution in [0.3, 0.4) is 0 Å². The van der Waals surface area contributed by atoms with E-state index >= 15 is 0 Å². The van der Waals surface area contributed by atoms with Crippen LogP contribution in [0.2, 0.25) is 0 Å². The standard InChI is InChI=1S/C9H11IO/c1-2-9(11)7-4-3-5-8(10)6-7/h3-6,9,11H,2H2,1H3/t9-/m0/s1. The fourth-order valence-corrected chi connectivity index (χ4v) is 1.52. The molecule has 1 atom stereocenters. The van der Waals surface area contributed by atoms with Gasteiger partial charge in [-0.2, -0.15) is 0 Å². The van der Waals surface area contributed by atoms with Crippen molar-refractivity contribution in [1.29, 1.82) is 0 Å². The lowest BCUT2D eigenvalue weighted by Gasteiger charge is -2.07. The summed E-state index contributed by atoms with van der Waals surface area (Å²) in [5, 5.41) is 9.45. The predicted molar refractivity (Wildman–Crippen MR) is 54.4 cm³/mol. The minimum absolute atomic E-state index is 0.301. The number of aliphatic hydroxyl groups is 1. The molecule has 60 valence electrons. The Morgan fingerprint density at radius 2 is 2.27 bits per heavy atom. The summed E-state index contributed by atoms with van der Waals surface area (Å²) in [5.74, 6) is 0. The highest BCUT2D eigenvalue weighted by molar-refractivity contribution is 14.1. The van der Waals surface area contributed by atoms with Gasteiger partial charge in [0, 0.05) is 3.57 Å². The second kappa shape index (κ2) is 4.07. The van der Waals surface area contributed by atoms with Gasteiger partial charge in [0.25, 0.3) is 0 Å². The Morgan fingerprint density at radius 3 is 2.82 bits per heavy atom. The zero-order valence-corrected chi connectivity index (χ0v) is 8.58. The molecule has 0 heterocycles. The van der Waals surface area contributed by atoms with E-state index in [-0.39, 0.29) is 6.10 Å². The minimum Gasteiger partial charge on any atom is -0.388 e. The summed E-state index contributed by atoms with van der Waals surface area (Å²) >= 11 is 2.24. The molecule has 0 saturated carbocycles. The lowest BCUT2D eigenvalue weighted by molar-refractivity contribution is 0.173. The Balaban J connectivity index is 2.86. The normalized spacial score (nSPS) is 13.0. The van der Waals surface area contributed by atoms with Crippen LogP contribution in [0, 0.1) is 3.57 Å². The van der Waals surface area contributed by atoms with Crippen molar-refractivity contribution < 1.29 is 5.11 Å². The smallest absolute Gasteiger partial charge is 0.0787 e. The summed E-state index contributed by atoms with van der Waals surface area (Å²) in [6, 6.07) is 7.95. The molecule has 0 aromatic heterocycles. The summed E-state index contributed by atoms with van der Waals surface area (Å²) in [6.07, 6.45) is 0.477. The molecule has 0 aliphatic rings. The molecule has 11 heavy (non-hydrogen) atoms. The average molecular weight is 262 g/mol. The zero-order valence-electron chi connectivity index (χ0n) is 6.42. The van der Waals surface area contributed by atoms with Crippen LogP contribution in [0.15, 0.2) is 24.3 Å². The summed E-state index contributed by atoms with van der Waals surface area (Å²) in [4.78, 5) is 0. The van der Waals surface area contributed by atoms with Crippen LogP contribution in [0.1, 0.15) is 25.0 Å². The SMILES string of the molecule is CC[C@H](O)c1cccc(I)c1. The first-order chi connectivity index (χ1) is 5.24. The highest BCUT2D eigenvalue weighted by Gasteiger charge is 2.03. The van der Waals surface area contributed by atoms with E-state index in [1.54, 1.807) is 0 Å². The van der Waals surface area contributed by atoms with Gasteiger partial charge in [0.2, 0.25) is 0 Å². The third-order valence-corrected chi connectivity index (χ3v) is 2.29. The molecule has 0 unspecified atom stereocenters. The quantitative estimate of drug-likeness (QED) is 0.812. The van der Waals surface area contributed by atoms with Crippen molar-refractivity contribution in [2.24, 2.45) is 0 Å². The molecule has 0 amide bonds. The van der Waals surface area contributed by atoms with Crippen LogP contribution < -0.4 is 0 Å². The topological polar surface area (TPSA) is 20.2 Å². The lowest BCUT2D eigenvalue weighted by atomic mass is 10.1. The third kappa shape index (κ3) is 2.45. The lowest BCUT2D eigenvalue weighted by Crippen LogP contribution is -1.94. The third-order valence-electron chi connectivity index (χ3n) is 1.62. The van der Waals surface area contributed by atoms with Crippen molar-refractivity contribution >= 4 is 22.6 Å². The van der Waals surface area contributed by atoms with Gasteiger partial charge in [-0.1, -0.05) is 19.1 Å². The molecule has 1 nitrogen and oxygen atoms in total. The maximum atomic E-state index is 9.45. The van der Waals surface area contributed by atoms with Crippen LogP contribution >= 0.6 is 22.6 Å². The highest BCUT2D eigenvalue weighted by Crippen LogP contribution is 2.17. The van der Waals surface area contributed by atoms with Gasteiger partial charge < -0.3 is 5.11 Å². The number of aliphatic hydroxyl groups excluding tert-OH is 1. The Kier molecular flexibility index (Phi) is 3.33. The molecule has 0 spiro atoms. The summed E-state index contributed by atoms with van der Waals surface area (Å²) < 4.78 is 1.17. The van der Waals surface area contributed by atoms with Crippen LogP contribution in [-0.2, 0) is 0 Å². The molecule has 0 aliphatic heterocycles. The second-order valence-corrected chi connectivity index (χ2v) is 3.72. The fourth-order valence-electron chi connectivity index (χ4n) is 0.950. The van der Waals surface area contributed by atoms with E-state index in [0.29, 0.717) is 0 Å². The van der Waals surface area contributed by atoms with Gasteiger partial charge in [0.15, 0.2) is 0 Å². The van der Waals surface area contributed by atoms with Crippen LogP contribution in [0.4, 0.5) is 0 Å². The number of hydrogen-bond donors (Lipinski definition) is 1. The number of hydrogen-bond acceptors (Lipinski definition) is 1. The van der Waals surface area contributed by atoms with Crippen LogP contribution in [0.5, 0.6) is 0 Å². The van der Waals surface area contributed by atoms with E-state index in [9.17, 15) is 5.11 Å². The first kappa shape index (κ1) is 9.00. The molecular weight excluding hydrogens is 251 g/mol. The maximum absolute atomic E-state index is 9.45. The molecule has 1 rings (SSSR count). The molecule has 1 aromatic rings. The molecular formula is C9H11IO. The fraction of sp³-hybridized carbons (Fsp3) is 0.333. The number of rotatable bonds is 2. The average Bonchev–Trinajstić information content (AvgIpc) is 2.03. The molecule has 1 aromatic carbocycles. The van der Waals surface area contributed by atoms with Gasteiger partial charge in [0.1, 0.15) is 0 Å². The molecule has 2 heteroatoms. The van der Waals surface area contributed by atoms with Gasteiger partial charge in [-0.05, 0) is 46.7 Å². The summed E-state index contributed by atoms with van der Waals surface area (Å²) in [7, 11) is 0. The first-order valence-corrected chi connectivity index (χ1v) is 4.75. The van der Waals surface area contributed by atoms with Gasteiger partial charge in [0.05, 0.1) is 6.10 Å². The predicted octanol–water partition coefficient (Wildman–Crippen LogP) is 2.73. The van der Waals surface area contributed by atoms with Crippen molar-refractivity contribution in [2.75, 3.05) is 0 Å². The van der Waals surface area contributed by atoms with E-state index in [4.69, 9.17) is 0 Å². The van der Waals surface area contributed by atoms with Crippen LogP contribution in [0.25, 0.3) is 0 Å². The van der Waals surface area contributed by atoms with Crippen molar-refractivity contribution in [1.82, 2.24) is 0 Å². The van der Waals surface area contributed by atoms with E-state index in [1.807, 2.05) is 31.2 Å². The van der Waals surface area contributed by atoms with Crippen LogP contribution in [-0.4, -0.2) is 5.11 Å². The van der Waals surface area contributed by atoms with Gasteiger partial charge >= 0.3 is 0 Å². The van der Waals surface area contributed by atoms with Gasteiger partial charge in [-0.3, -0.25) is 0 Å². The highest BCUT2D eigenvalue weighted by atomic mass is 127. The Labute approximate surface area is 80.6 Å². The monoisotopic (exact) mass is 262 g/mol. The maximum Gasteiger partial charge on any atom is 0.0787 e. The van der Waals surface area contributed by atoms with E-state index in [1.165, 1.54) is 3.57 Å². The van der Waals surface area contributed by atoms with Crippen molar-refractivity contribution in [3.8, 4) is 0 Å². The first-order valence-electron chi connectivity index (χ1n) is 3.67. The molecule has 0 radical (unpaired) electrons. The van der Waals surface area contributed by atoms with Crippen molar-refractivity contribution in [3.63, 3.8) is 0 Å². The van der Waals surface area contributed by atoms with Crippen molar-refractivity contribution in [2.45, 2.75) is 19.4 Å². The second-order valence-electron chi connectivity index (χ2n) is 2.48. The summed E-state index contributed by atoms with van der Waals surface area (Å²) in [6.45, 7) is 1.98. The van der Waals surface area contributed by atoms with Gasteiger partial charge in [-0.15, -0.1) is 0 Å². The van der Waals surface area contributed by atoms with E-state index < -0.39 is 0 Å². The van der Waals surface area contributed by atoms with Gasteiger partial charge in [-0.25, -0.2) is 0 Å². The molecule has 0 fully saturated rings. The van der Waals surface area contributed by atoms with E-state index in [2.05, 4.69) is 22.6 Å². The van der Waals surface area contributed by atoms with Crippen molar-refractivity contribution in [3.05, 3.63) is 33.4 Å². The largest absolute Gasteiger partial charge is 0.388 e. The molecule has 0 aliphatic carbocycles. The minimum atomic E-state index is -0.301. The Hall–Kier alpha value is -0.0900. The number of benzene rings is 1. The van der Waals surface area contributed by atoms with E-state index in [0.717, 1.165) is 12.0 Å². The molecule has 0 saturated heterocycles. The number of halogens is 1. The Bertz CT molecular complexity index is 235. The zero-order chi connectivity index (χ0) is 8.27. The molecule has 1 N–H and O–H groups in total. The summed E-state index contributed by atoms with van der Waals surface area (Å²) in [5.41, 5.74) is 1.01. The Morgan fingerprint density at radius 1 is 1.55 bits per heavy atom.